The molecule has 1 aromatic carbocycles. The molecule has 1 atom stereocenters. The van der Waals surface area contributed by atoms with Gasteiger partial charge in [0.25, 0.3) is 0 Å². The van der Waals surface area contributed by atoms with Crippen LogP contribution in [0.1, 0.15) is 38.3 Å². The van der Waals surface area contributed by atoms with Gasteiger partial charge in [-0.3, -0.25) is 4.99 Å². The molecule has 2 rings (SSSR count). The van der Waals surface area contributed by atoms with Crippen molar-refractivity contribution in [3.05, 3.63) is 34.9 Å². The minimum atomic E-state index is 0.109. The number of rotatable bonds is 8. The summed E-state index contributed by atoms with van der Waals surface area (Å²) in [4.78, 5) is 7.31. The number of likely N-dealkylation sites (tertiary alicyclic amines) is 1. The van der Waals surface area contributed by atoms with Crippen molar-refractivity contribution in [1.82, 2.24) is 15.5 Å². The van der Waals surface area contributed by atoms with Crippen LogP contribution < -0.4 is 10.6 Å². The number of methoxy groups -OCH3 is 1. The quantitative estimate of drug-likeness (QED) is 0.536. The molecule has 1 aliphatic rings. The standard InChI is InChI=1S/C20H33ClN4O/c1-4-22-20(24-16(2)18-7-5-6-8-19(18)21)23-15-17-9-11-25(12-10-17)13-14-26-3/h5-8,16-17H,4,9-15H2,1-3H3,(H2,22,23,24). The lowest BCUT2D eigenvalue weighted by Crippen LogP contribution is -2.40. The molecule has 0 spiro atoms. The maximum atomic E-state index is 6.31. The SMILES string of the molecule is CCNC(=NCC1CCN(CCOC)CC1)NC(C)c1ccccc1Cl. The van der Waals surface area contributed by atoms with Crippen molar-refractivity contribution in [2.75, 3.05) is 46.4 Å². The zero-order valence-electron chi connectivity index (χ0n) is 16.3. The Labute approximate surface area is 163 Å². The van der Waals surface area contributed by atoms with Crippen LogP contribution in [-0.2, 0) is 4.74 Å². The van der Waals surface area contributed by atoms with Gasteiger partial charge in [-0.05, 0) is 57.3 Å². The lowest BCUT2D eigenvalue weighted by atomic mass is 9.97. The summed E-state index contributed by atoms with van der Waals surface area (Å²) in [5, 5.41) is 7.61. The summed E-state index contributed by atoms with van der Waals surface area (Å²) < 4.78 is 5.17. The largest absolute Gasteiger partial charge is 0.383 e. The molecule has 0 radical (unpaired) electrons. The average molecular weight is 381 g/mol. The van der Waals surface area contributed by atoms with E-state index in [4.69, 9.17) is 21.3 Å². The zero-order valence-corrected chi connectivity index (χ0v) is 17.1. The normalized spacial score (nSPS) is 17.9. The van der Waals surface area contributed by atoms with Gasteiger partial charge in [-0.25, -0.2) is 0 Å². The highest BCUT2D eigenvalue weighted by Gasteiger charge is 2.19. The van der Waals surface area contributed by atoms with Crippen molar-refractivity contribution in [3.63, 3.8) is 0 Å². The summed E-state index contributed by atoms with van der Waals surface area (Å²) >= 11 is 6.31. The maximum absolute atomic E-state index is 6.31. The number of ether oxygens (including phenoxy) is 1. The second kappa shape index (κ2) is 11.4. The number of aliphatic imine (C=N–C) groups is 1. The molecule has 26 heavy (non-hydrogen) atoms. The van der Waals surface area contributed by atoms with E-state index in [0.29, 0.717) is 5.92 Å². The van der Waals surface area contributed by atoms with Gasteiger partial charge in [-0.1, -0.05) is 29.8 Å². The third-order valence-corrected chi connectivity index (χ3v) is 5.24. The monoisotopic (exact) mass is 380 g/mol. The van der Waals surface area contributed by atoms with Gasteiger partial charge in [-0.15, -0.1) is 0 Å². The molecule has 5 nitrogen and oxygen atoms in total. The van der Waals surface area contributed by atoms with Gasteiger partial charge < -0.3 is 20.3 Å². The summed E-state index contributed by atoms with van der Waals surface area (Å²) in [6.07, 6.45) is 2.40. The molecular weight excluding hydrogens is 348 g/mol. The first-order valence-corrected chi connectivity index (χ1v) is 10.0. The van der Waals surface area contributed by atoms with E-state index in [1.54, 1.807) is 7.11 Å². The first kappa shape index (κ1) is 21.0. The molecular formula is C20H33ClN4O. The van der Waals surface area contributed by atoms with Crippen molar-refractivity contribution < 1.29 is 4.74 Å². The van der Waals surface area contributed by atoms with Gasteiger partial charge >= 0.3 is 0 Å². The van der Waals surface area contributed by atoms with E-state index in [1.165, 1.54) is 12.8 Å². The van der Waals surface area contributed by atoms with Crippen molar-refractivity contribution in [1.29, 1.82) is 0 Å². The number of hydrogen-bond acceptors (Lipinski definition) is 3. The molecule has 146 valence electrons. The predicted octanol–water partition coefficient (Wildman–Crippen LogP) is 3.31. The number of nitrogens with zero attached hydrogens (tertiary/aromatic N) is 2. The van der Waals surface area contributed by atoms with Gasteiger partial charge in [0.05, 0.1) is 12.6 Å². The number of guanidine groups is 1. The highest BCUT2D eigenvalue weighted by Crippen LogP contribution is 2.22. The Kier molecular flexibility index (Phi) is 9.23. The molecule has 1 aliphatic heterocycles. The number of hydrogen-bond donors (Lipinski definition) is 2. The molecule has 6 heteroatoms. The van der Waals surface area contributed by atoms with Crippen LogP contribution in [0.2, 0.25) is 5.02 Å². The van der Waals surface area contributed by atoms with Crippen molar-refractivity contribution in [2.24, 2.45) is 10.9 Å². The fraction of sp³-hybridized carbons (Fsp3) is 0.650. The first-order chi connectivity index (χ1) is 12.6. The Bertz CT molecular complexity index is 558. The first-order valence-electron chi connectivity index (χ1n) is 9.64. The minimum absolute atomic E-state index is 0.109. The zero-order chi connectivity index (χ0) is 18.8. The Morgan fingerprint density at radius 2 is 2.08 bits per heavy atom. The summed E-state index contributed by atoms with van der Waals surface area (Å²) in [6.45, 7) is 10.0. The molecule has 1 fully saturated rings. The molecule has 1 aromatic rings. The Morgan fingerprint density at radius 3 is 2.73 bits per heavy atom. The fourth-order valence-electron chi connectivity index (χ4n) is 3.26. The number of benzene rings is 1. The van der Waals surface area contributed by atoms with E-state index in [0.717, 1.165) is 55.9 Å². The summed E-state index contributed by atoms with van der Waals surface area (Å²) in [5.74, 6) is 1.52. The molecule has 0 amide bonds. The fourth-order valence-corrected chi connectivity index (χ4v) is 3.56. The Balaban J connectivity index is 1.86. The van der Waals surface area contributed by atoms with Crippen LogP contribution in [0.15, 0.2) is 29.3 Å². The molecule has 0 saturated carbocycles. The van der Waals surface area contributed by atoms with E-state index in [2.05, 4.69) is 35.4 Å². The second-order valence-corrected chi connectivity index (χ2v) is 7.29. The van der Waals surface area contributed by atoms with E-state index in [9.17, 15) is 0 Å². The van der Waals surface area contributed by atoms with Crippen molar-refractivity contribution in [3.8, 4) is 0 Å². The van der Waals surface area contributed by atoms with Gasteiger partial charge in [0.2, 0.25) is 0 Å². The maximum Gasteiger partial charge on any atom is 0.191 e. The highest BCUT2D eigenvalue weighted by molar-refractivity contribution is 6.31. The molecule has 0 aromatic heterocycles. The second-order valence-electron chi connectivity index (χ2n) is 6.88. The molecule has 0 bridgehead atoms. The molecule has 0 aliphatic carbocycles. The van der Waals surface area contributed by atoms with Crippen molar-refractivity contribution >= 4 is 17.6 Å². The van der Waals surface area contributed by atoms with Crippen LogP contribution in [-0.4, -0.2) is 57.3 Å². The Morgan fingerprint density at radius 1 is 1.35 bits per heavy atom. The van der Waals surface area contributed by atoms with Crippen molar-refractivity contribution in [2.45, 2.75) is 32.7 Å². The van der Waals surface area contributed by atoms with Crippen LogP contribution in [0.3, 0.4) is 0 Å². The van der Waals surface area contributed by atoms with E-state index in [-0.39, 0.29) is 6.04 Å². The molecule has 1 saturated heterocycles. The van der Waals surface area contributed by atoms with Crippen LogP contribution in [0.4, 0.5) is 0 Å². The molecule has 2 N–H and O–H groups in total. The van der Waals surface area contributed by atoms with Gasteiger partial charge in [0.15, 0.2) is 5.96 Å². The number of nitrogens with one attached hydrogen (secondary N) is 2. The van der Waals surface area contributed by atoms with Crippen LogP contribution >= 0.6 is 11.6 Å². The Hall–Kier alpha value is -1.30. The lowest BCUT2D eigenvalue weighted by molar-refractivity contribution is 0.121. The summed E-state index contributed by atoms with van der Waals surface area (Å²) in [5.41, 5.74) is 1.09. The highest BCUT2D eigenvalue weighted by atomic mass is 35.5. The predicted molar refractivity (Wildman–Crippen MR) is 110 cm³/mol. The average Bonchev–Trinajstić information content (AvgIpc) is 2.65. The number of halogens is 1. The van der Waals surface area contributed by atoms with Gasteiger partial charge in [-0.2, -0.15) is 0 Å². The third kappa shape index (κ3) is 6.78. The minimum Gasteiger partial charge on any atom is -0.383 e. The van der Waals surface area contributed by atoms with E-state index in [1.807, 2.05) is 18.2 Å². The van der Waals surface area contributed by atoms with Crippen LogP contribution in [0.25, 0.3) is 0 Å². The van der Waals surface area contributed by atoms with Gasteiger partial charge in [0, 0.05) is 31.8 Å². The number of piperidine rings is 1. The van der Waals surface area contributed by atoms with E-state index >= 15 is 0 Å². The van der Waals surface area contributed by atoms with Crippen LogP contribution in [0.5, 0.6) is 0 Å². The summed E-state index contributed by atoms with van der Waals surface area (Å²) in [7, 11) is 1.76. The summed E-state index contributed by atoms with van der Waals surface area (Å²) in [6, 6.07) is 8.06. The molecule has 1 unspecified atom stereocenters. The van der Waals surface area contributed by atoms with E-state index < -0.39 is 0 Å². The van der Waals surface area contributed by atoms with Crippen LogP contribution in [0, 0.1) is 5.92 Å². The lowest BCUT2D eigenvalue weighted by Gasteiger charge is -2.31. The topological polar surface area (TPSA) is 48.9 Å². The third-order valence-electron chi connectivity index (χ3n) is 4.90. The van der Waals surface area contributed by atoms with Gasteiger partial charge in [0.1, 0.15) is 0 Å². The smallest absolute Gasteiger partial charge is 0.191 e. The molecule has 1 heterocycles.